The Hall–Kier alpha value is -9.96. The normalized spacial score (nSPS) is 14.1. The lowest BCUT2D eigenvalue weighted by molar-refractivity contribution is 0.669. The molecule has 354 valence electrons. The van der Waals surface area contributed by atoms with Gasteiger partial charge in [-0.25, -0.2) is 0 Å². The number of hydrogen-bond donors (Lipinski definition) is 0. The van der Waals surface area contributed by atoms with E-state index in [0.29, 0.717) is 0 Å². The molecule has 0 amide bonds. The van der Waals surface area contributed by atoms with Crippen LogP contribution < -0.4 is 4.90 Å². The summed E-state index contributed by atoms with van der Waals surface area (Å²) in [7, 11) is 0. The number of anilines is 3. The van der Waals surface area contributed by atoms with Crippen LogP contribution in [0.25, 0.3) is 105 Å². The third kappa shape index (κ3) is 6.17. The van der Waals surface area contributed by atoms with E-state index in [9.17, 15) is 0 Å². The second-order valence-electron chi connectivity index (χ2n) is 20.3. The van der Waals surface area contributed by atoms with E-state index in [1.54, 1.807) is 0 Å². The molecule has 14 aromatic rings. The van der Waals surface area contributed by atoms with Crippen molar-refractivity contribution < 1.29 is 4.42 Å². The molecule has 16 rings (SSSR count). The number of aromatic nitrogens is 1. The molecular weight excluding hydrogens is 921 g/mol. The molecule has 0 saturated carbocycles. The maximum absolute atomic E-state index is 6.22. The molecule has 3 heterocycles. The zero-order chi connectivity index (χ0) is 49.9. The van der Waals surface area contributed by atoms with Gasteiger partial charge in [0.25, 0.3) is 0 Å². The van der Waals surface area contributed by atoms with Gasteiger partial charge in [-0.3, -0.25) is 0 Å². The number of furan rings is 1. The van der Waals surface area contributed by atoms with Gasteiger partial charge < -0.3 is 13.9 Å². The minimum Gasteiger partial charge on any atom is -0.456 e. The van der Waals surface area contributed by atoms with Crippen molar-refractivity contribution in [3.63, 3.8) is 0 Å². The van der Waals surface area contributed by atoms with Crippen LogP contribution in [0.15, 0.2) is 283 Å². The number of para-hydroxylation sites is 5. The van der Waals surface area contributed by atoms with Crippen LogP contribution in [0.3, 0.4) is 0 Å². The first kappa shape index (κ1) is 42.5. The maximum atomic E-state index is 6.22. The van der Waals surface area contributed by atoms with Crippen LogP contribution in [-0.2, 0) is 5.41 Å². The smallest absolute Gasteiger partial charge is 0.135 e. The molecule has 1 unspecified atom stereocenters. The standard InChI is InChI=1S/C73H46N2O/c1-2-17-47(18-3-1)49-19-14-21-53(43-49)56-23-5-10-31-67(56)74(54-39-35-48(36-40-54)51-38-42-71-62(45-51)60-26-7-13-34-70(60)76-71)55-22-15-20-50(44-55)52-37-41-58-57-24-4-8-28-63(57)73(66(58)46-52)64-29-9-12-33-69(64)75-68-32-11-6-25-59(68)61-27-16-30-65(73)72(61)75/h1-46H. The van der Waals surface area contributed by atoms with E-state index in [0.717, 1.165) is 66.8 Å². The van der Waals surface area contributed by atoms with Gasteiger partial charge in [0, 0.05) is 38.5 Å². The highest BCUT2D eigenvalue weighted by molar-refractivity contribution is 6.13. The topological polar surface area (TPSA) is 21.3 Å². The minimum absolute atomic E-state index is 0.545. The van der Waals surface area contributed by atoms with Crippen LogP contribution in [0.2, 0.25) is 0 Å². The third-order valence-corrected chi connectivity index (χ3v) is 16.4. The third-order valence-electron chi connectivity index (χ3n) is 16.4. The van der Waals surface area contributed by atoms with Crippen molar-refractivity contribution in [2.45, 2.75) is 5.41 Å². The Morgan fingerprint density at radius 1 is 0.303 bits per heavy atom. The van der Waals surface area contributed by atoms with E-state index < -0.39 is 5.41 Å². The Kier molecular flexibility index (Phi) is 9.25. The lowest BCUT2D eigenvalue weighted by Crippen LogP contribution is -2.33. The molecule has 76 heavy (non-hydrogen) atoms. The molecule has 1 spiro atoms. The Bertz CT molecular complexity index is 4650. The fourth-order valence-corrected chi connectivity index (χ4v) is 13.1. The number of fused-ring (bicyclic) bond motifs is 15. The SMILES string of the molecule is c1ccc(-c2cccc(-c3ccccc3N(c3ccc(-c4ccc5oc6ccccc6c5c4)cc3)c3cccc(-c4ccc5c(c4)C4(c6ccccc6-5)c5ccccc5-n5c6ccccc6c6cccc4c65)c3)c2)cc1. The molecule has 12 aromatic carbocycles. The summed E-state index contributed by atoms with van der Waals surface area (Å²) in [6.07, 6.45) is 0. The van der Waals surface area contributed by atoms with Gasteiger partial charge in [0.15, 0.2) is 0 Å². The van der Waals surface area contributed by atoms with E-state index in [-0.39, 0.29) is 0 Å². The summed E-state index contributed by atoms with van der Waals surface area (Å²) in [4.78, 5) is 2.44. The average Bonchev–Trinajstić information content (AvgIpc) is 3.99. The van der Waals surface area contributed by atoms with Gasteiger partial charge in [-0.1, -0.05) is 206 Å². The van der Waals surface area contributed by atoms with E-state index in [4.69, 9.17) is 4.42 Å². The highest BCUT2D eigenvalue weighted by Crippen LogP contribution is 2.61. The lowest BCUT2D eigenvalue weighted by Gasteiger charge is -2.39. The van der Waals surface area contributed by atoms with Crippen LogP contribution in [0.1, 0.15) is 22.3 Å². The molecule has 2 aromatic heterocycles. The Morgan fingerprint density at radius 3 is 1.78 bits per heavy atom. The van der Waals surface area contributed by atoms with E-state index in [1.807, 2.05) is 12.1 Å². The van der Waals surface area contributed by atoms with E-state index in [2.05, 4.69) is 276 Å². The fourth-order valence-electron chi connectivity index (χ4n) is 13.1. The first-order chi connectivity index (χ1) is 37.7. The minimum atomic E-state index is -0.545. The maximum Gasteiger partial charge on any atom is 0.135 e. The molecule has 0 N–H and O–H groups in total. The summed E-state index contributed by atoms with van der Waals surface area (Å²) in [5.41, 5.74) is 25.3. The molecule has 0 radical (unpaired) electrons. The summed E-state index contributed by atoms with van der Waals surface area (Å²) in [5, 5.41) is 4.81. The predicted octanol–water partition coefficient (Wildman–Crippen LogP) is 19.5. The molecule has 0 saturated heterocycles. The monoisotopic (exact) mass is 966 g/mol. The zero-order valence-corrected chi connectivity index (χ0v) is 41.4. The highest BCUT2D eigenvalue weighted by atomic mass is 16.3. The quantitative estimate of drug-likeness (QED) is 0.159. The summed E-state index contributed by atoms with van der Waals surface area (Å²) in [5.74, 6) is 0. The molecule has 0 bridgehead atoms. The summed E-state index contributed by atoms with van der Waals surface area (Å²) >= 11 is 0. The lowest BCUT2D eigenvalue weighted by atomic mass is 9.65. The van der Waals surface area contributed by atoms with Crippen molar-refractivity contribution in [1.29, 1.82) is 0 Å². The molecule has 0 fully saturated rings. The first-order valence-corrected chi connectivity index (χ1v) is 26.2. The number of benzene rings is 12. The second-order valence-corrected chi connectivity index (χ2v) is 20.3. The molecule has 1 aliphatic heterocycles. The van der Waals surface area contributed by atoms with Crippen LogP contribution in [0.4, 0.5) is 17.1 Å². The van der Waals surface area contributed by atoms with E-state index in [1.165, 1.54) is 77.6 Å². The van der Waals surface area contributed by atoms with Gasteiger partial charge in [0.2, 0.25) is 0 Å². The van der Waals surface area contributed by atoms with Gasteiger partial charge >= 0.3 is 0 Å². The van der Waals surface area contributed by atoms with Gasteiger partial charge in [0.1, 0.15) is 11.2 Å². The van der Waals surface area contributed by atoms with Gasteiger partial charge in [0.05, 0.1) is 27.8 Å². The Morgan fingerprint density at radius 2 is 0.882 bits per heavy atom. The van der Waals surface area contributed by atoms with Crippen LogP contribution in [0.5, 0.6) is 0 Å². The van der Waals surface area contributed by atoms with Gasteiger partial charge in [-0.05, 0) is 145 Å². The van der Waals surface area contributed by atoms with Crippen molar-refractivity contribution in [2.75, 3.05) is 4.90 Å². The van der Waals surface area contributed by atoms with E-state index >= 15 is 0 Å². The Balaban J connectivity index is 0.873. The zero-order valence-electron chi connectivity index (χ0n) is 41.4. The Labute approximate surface area is 440 Å². The molecule has 1 aliphatic carbocycles. The van der Waals surface area contributed by atoms with Crippen molar-refractivity contribution in [2.24, 2.45) is 0 Å². The molecule has 3 heteroatoms. The number of nitrogens with zero attached hydrogens (tertiary/aromatic N) is 2. The van der Waals surface area contributed by atoms with Crippen molar-refractivity contribution in [1.82, 2.24) is 4.57 Å². The predicted molar refractivity (Wildman–Crippen MR) is 315 cm³/mol. The molecular formula is C73H46N2O. The van der Waals surface area contributed by atoms with Gasteiger partial charge in [-0.15, -0.1) is 0 Å². The summed E-state index contributed by atoms with van der Waals surface area (Å²) in [6.45, 7) is 0. The van der Waals surface area contributed by atoms with Crippen LogP contribution >= 0.6 is 0 Å². The average molecular weight is 967 g/mol. The number of hydrogen-bond acceptors (Lipinski definition) is 2. The summed E-state index contributed by atoms with van der Waals surface area (Å²) < 4.78 is 8.74. The molecule has 3 nitrogen and oxygen atoms in total. The van der Waals surface area contributed by atoms with Crippen molar-refractivity contribution in [3.05, 3.63) is 301 Å². The molecule has 2 aliphatic rings. The van der Waals surface area contributed by atoms with Gasteiger partial charge in [-0.2, -0.15) is 0 Å². The largest absolute Gasteiger partial charge is 0.456 e. The van der Waals surface area contributed by atoms with Crippen LogP contribution in [-0.4, -0.2) is 4.57 Å². The van der Waals surface area contributed by atoms with Crippen molar-refractivity contribution in [3.8, 4) is 61.3 Å². The molecule has 1 atom stereocenters. The number of rotatable bonds is 7. The fraction of sp³-hybridized carbons (Fsp3) is 0.0137. The highest BCUT2D eigenvalue weighted by Gasteiger charge is 2.50. The van der Waals surface area contributed by atoms with Crippen LogP contribution in [0, 0.1) is 0 Å². The second kappa shape index (κ2) is 16.5. The first-order valence-electron chi connectivity index (χ1n) is 26.2. The van der Waals surface area contributed by atoms with Crippen molar-refractivity contribution >= 4 is 60.8 Å². The summed E-state index contributed by atoms with van der Waals surface area (Å²) in [6, 6.07) is 103.